The van der Waals surface area contributed by atoms with E-state index < -0.39 is 32.7 Å². The van der Waals surface area contributed by atoms with E-state index in [1.807, 2.05) is 36.4 Å². The lowest BCUT2D eigenvalue weighted by atomic mass is 10.1. The Labute approximate surface area is 267 Å². The zero-order chi connectivity index (χ0) is 33.3. The molecule has 3 aromatic rings. The summed E-state index contributed by atoms with van der Waals surface area (Å²) in [7, 11) is -1.41. The van der Waals surface area contributed by atoms with Crippen LogP contribution < -0.4 is 20.4 Å². The monoisotopic (exact) mass is 640 g/mol. The van der Waals surface area contributed by atoms with E-state index in [1.54, 1.807) is 44.9 Å². The normalized spacial score (nSPS) is 12.8. The topological polar surface area (TPSA) is 77.1 Å². The molecule has 0 spiro atoms. The van der Waals surface area contributed by atoms with Gasteiger partial charge in [0.15, 0.2) is 0 Å². The molecule has 0 aliphatic heterocycles. The van der Waals surface area contributed by atoms with Crippen LogP contribution in [0.5, 0.6) is 5.75 Å². The van der Waals surface area contributed by atoms with Gasteiger partial charge in [0.05, 0.1) is 12.6 Å². The van der Waals surface area contributed by atoms with Crippen molar-refractivity contribution in [2.24, 2.45) is 0 Å². The summed E-state index contributed by atoms with van der Waals surface area (Å²) in [5.74, 6) is -0.146. The number of halogens is 2. The van der Waals surface area contributed by atoms with Gasteiger partial charge in [-0.15, -0.1) is 0 Å². The molecular formula is C35H46F2N2O5Si. The molecule has 10 heteroatoms. The van der Waals surface area contributed by atoms with Gasteiger partial charge in [0, 0.05) is 20.0 Å². The average molecular weight is 641 g/mol. The summed E-state index contributed by atoms with van der Waals surface area (Å²) in [4.78, 5) is 27.9. The third kappa shape index (κ3) is 9.86. The molecule has 0 saturated carbocycles. The lowest BCUT2D eigenvalue weighted by molar-refractivity contribution is -0.121. The molecule has 7 nitrogen and oxygen atoms in total. The van der Waals surface area contributed by atoms with Crippen molar-refractivity contribution in [3.05, 3.63) is 90.5 Å². The number of carbonyl (C=O) groups is 2. The minimum Gasteiger partial charge on any atom is -0.444 e. The highest BCUT2D eigenvalue weighted by Gasteiger charge is 2.50. The molecule has 0 aliphatic rings. The third-order valence-electron chi connectivity index (χ3n) is 7.46. The van der Waals surface area contributed by atoms with Crippen LogP contribution in [0.25, 0.3) is 0 Å². The van der Waals surface area contributed by atoms with Crippen LogP contribution >= 0.6 is 0 Å². The quantitative estimate of drug-likeness (QED) is 0.216. The molecule has 0 aliphatic carbocycles. The molecule has 0 heterocycles. The number of amides is 2. The second-order valence-electron chi connectivity index (χ2n) is 13.0. The van der Waals surface area contributed by atoms with Gasteiger partial charge in [0.25, 0.3) is 8.32 Å². The van der Waals surface area contributed by atoms with E-state index in [0.29, 0.717) is 12.0 Å². The number of hydrogen-bond acceptors (Lipinski definition) is 5. The van der Waals surface area contributed by atoms with Crippen molar-refractivity contribution in [3.63, 3.8) is 0 Å². The van der Waals surface area contributed by atoms with Gasteiger partial charge in [-0.05, 0) is 60.3 Å². The van der Waals surface area contributed by atoms with Crippen molar-refractivity contribution in [1.82, 2.24) is 10.2 Å². The first-order chi connectivity index (χ1) is 21.2. The third-order valence-corrected chi connectivity index (χ3v) is 12.5. The Morgan fingerprint density at radius 3 is 1.82 bits per heavy atom. The smallest absolute Gasteiger partial charge is 0.410 e. The maximum atomic E-state index is 13.8. The fourth-order valence-electron chi connectivity index (χ4n) is 5.37. The van der Waals surface area contributed by atoms with Gasteiger partial charge in [-0.1, -0.05) is 93.6 Å². The second-order valence-corrected chi connectivity index (χ2v) is 17.3. The van der Waals surface area contributed by atoms with Crippen molar-refractivity contribution in [2.45, 2.75) is 84.2 Å². The molecule has 0 fully saturated rings. The van der Waals surface area contributed by atoms with Crippen molar-refractivity contribution < 1.29 is 32.3 Å². The van der Waals surface area contributed by atoms with Crippen molar-refractivity contribution in [2.75, 3.05) is 13.7 Å². The summed E-state index contributed by atoms with van der Waals surface area (Å²) in [6.45, 7) is 9.19. The molecule has 3 aromatic carbocycles. The summed E-state index contributed by atoms with van der Waals surface area (Å²) in [5.41, 5.74) is -0.105. The van der Waals surface area contributed by atoms with Crippen LogP contribution in [-0.2, 0) is 20.5 Å². The fraction of sp³-hybridized carbons (Fsp3) is 0.429. The lowest BCUT2D eigenvalue weighted by Gasteiger charge is -2.44. The molecule has 0 saturated heterocycles. The highest BCUT2D eigenvalue weighted by Crippen LogP contribution is 2.37. The zero-order valence-electron chi connectivity index (χ0n) is 27.3. The first-order valence-corrected chi connectivity index (χ1v) is 17.1. The largest absolute Gasteiger partial charge is 0.444 e. The van der Waals surface area contributed by atoms with E-state index in [1.165, 1.54) is 12.1 Å². The van der Waals surface area contributed by atoms with E-state index in [-0.39, 0.29) is 36.3 Å². The Hall–Kier alpha value is -3.76. The SMILES string of the molecule is CNC(=O)CC[C@@H](CO[Si](c1ccccc1)(c1ccccc1)C(C)(C)C)N(Cc1ccc(OC(F)F)cc1)C(=O)OC(C)(C)C. The number of hydrogen-bond donors (Lipinski definition) is 1. The van der Waals surface area contributed by atoms with Crippen LogP contribution in [0, 0.1) is 0 Å². The number of ether oxygens (including phenoxy) is 2. The summed E-state index contributed by atoms with van der Waals surface area (Å²) in [5, 5.41) is 4.54. The highest BCUT2D eigenvalue weighted by molar-refractivity contribution is 6.99. The minimum absolute atomic E-state index is 0.0174. The number of rotatable bonds is 13. The van der Waals surface area contributed by atoms with Crippen molar-refractivity contribution in [3.8, 4) is 5.75 Å². The summed E-state index contributed by atoms with van der Waals surface area (Å²) in [6.07, 6.45) is -0.0986. The van der Waals surface area contributed by atoms with Crippen molar-refractivity contribution >= 4 is 30.7 Å². The number of alkyl halides is 2. The predicted molar refractivity (Wildman–Crippen MR) is 176 cm³/mol. The minimum atomic E-state index is -2.99. The first kappa shape index (κ1) is 35.7. The first-order valence-electron chi connectivity index (χ1n) is 15.1. The second kappa shape index (κ2) is 15.5. The van der Waals surface area contributed by atoms with E-state index in [4.69, 9.17) is 9.16 Å². The Balaban J connectivity index is 2.09. The lowest BCUT2D eigenvalue weighted by Crippen LogP contribution is -2.67. The van der Waals surface area contributed by atoms with Crippen LogP contribution in [-0.4, -0.2) is 57.1 Å². The van der Waals surface area contributed by atoms with Gasteiger partial charge < -0.3 is 19.2 Å². The molecule has 2 amide bonds. The Morgan fingerprint density at radius 1 is 0.844 bits per heavy atom. The van der Waals surface area contributed by atoms with Crippen LogP contribution in [0.15, 0.2) is 84.9 Å². The van der Waals surface area contributed by atoms with Crippen LogP contribution in [0.3, 0.4) is 0 Å². The Kier molecular flexibility index (Phi) is 12.3. The average Bonchev–Trinajstić information content (AvgIpc) is 2.98. The Morgan fingerprint density at radius 2 is 1.38 bits per heavy atom. The zero-order valence-corrected chi connectivity index (χ0v) is 28.3. The van der Waals surface area contributed by atoms with Gasteiger partial charge >= 0.3 is 12.7 Å². The van der Waals surface area contributed by atoms with Gasteiger partial charge in [0.2, 0.25) is 5.91 Å². The molecule has 0 aromatic heterocycles. The molecule has 0 unspecified atom stereocenters. The molecule has 1 N–H and O–H groups in total. The van der Waals surface area contributed by atoms with E-state index >= 15 is 0 Å². The summed E-state index contributed by atoms with van der Waals surface area (Å²) in [6, 6.07) is 25.9. The van der Waals surface area contributed by atoms with E-state index in [9.17, 15) is 18.4 Å². The number of nitrogens with zero attached hydrogens (tertiary/aromatic N) is 1. The molecular weight excluding hydrogens is 594 g/mol. The number of carbonyl (C=O) groups excluding carboxylic acids is 2. The molecule has 45 heavy (non-hydrogen) atoms. The maximum Gasteiger partial charge on any atom is 0.410 e. The molecule has 0 radical (unpaired) electrons. The van der Waals surface area contributed by atoms with Gasteiger partial charge in [0.1, 0.15) is 11.4 Å². The van der Waals surface area contributed by atoms with Crippen LogP contribution in [0.4, 0.5) is 13.6 Å². The summed E-state index contributed by atoms with van der Waals surface area (Å²) >= 11 is 0. The fourth-order valence-corrected chi connectivity index (χ4v) is 9.97. The van der Waals surface area contributed by atoms with Crippen LogP contribution in [0.2, 0.25) is 5.04 Å². The van der Waals surface area contributed by atoms with Gasteiger partial charge in [-0.3, -0.25) is 9.69 Å². The van der Waals surface area contributed by atoms with Crippen molar-refractivity contribution in [1.29, 1.82) is 0 Å². The molecule has 244 valence electrons. The molecule has 0 bridgehead atoms. The van der Waals surface area contributed by atoms with Crippen LogP contribution in [0.1, 0.15) is 59.9 Å². The number of benzene rings is 3. The summed E-state index contributed by atoms with van der Waals surface area (Å²) < 4.78 is 43.1. The van der Waals surface area contributed by atoms with E-state index in [0.717, 1.165) is 10.4 Å². The standard InChI is InChI=1S/C35H46F2N2O5Si/c1-34(2,3)44-33(41)39(24-26-18-21-28(22-19-26)43-32(36)37)27(20-23-31(40)38-7)25-42-45(35(4,5)6,29-14-10-8-11-15-29)30-16-12-9-13-17-30/h8-19,21-22,27,32H,20,23-25H2,1-7H3,(H,38,40)/t27-/m0/s1. The maximum absolute atomic E-state index is 13.8. The Bertz CT molecular complexity index is 1320. The van der Waals surface area contributed by atoms with Gasteiger partial charge in [-0.2, -0.15) is 8.78 Å². The highest BCUT2D eigenvalue weighted by atomic mass is 28.4. The van der Waals surface area contributed by atoms with E-state index in [2.05, 4.69) is 55.1 Å². The molecule has 3 rings (SSSR count). The predicted octanol–water partition coefficient (Wildman–Crippen LogP) is 6.50. The number of nitrogens with one attached hydrogen (secondary N) is 1. The van der Waals surface area contributed by atoms with Gasteiger partial charge in [-0.25, -0.2) is 4.79 Å². The molecule has 1 atom stereocenters.